The molecule has 0 radical (unpaired) electrons. The van der Waals surface area contributed by atoms with E-state index in [2.05, 4.69) is 26.8 Å². The van der Waals surface area contributed by atoms with Crippen LogP contribution < -0.4 is 10.6 Å². The maximum Gasteiger partial charge on any atom is 0.408 e. The van der Waals surface area contributed by atoms with E-state index in [9.17, 15) is 30.7 Å². The third kappa shape index (κ3) is 5.60. The summed E-state index contributed by atoms with van der Waals surface area (Å²) in [7, 11) is 0. The third-order valence-corrected chi connectivity index (χ3v) is 3.40. The molecule has 1 aromatic rings. The van der Waals surface area contributed by atoms with Crippen LogP contribution in [0.25, 0.3) is 0 Å². The lowest BCUT2D eigenvalue weighted by atomic mass is 10.3. The molecule has 26 heavy (non-hydrogen) atoms. The second-order valence-electron chi connectivity index (χ2n) is 5.84. The van der Waals surface area contributed by atoms with E-state index in [4.69, 9.17) is 0 Å². The van der Waals surface area contributed by atoms with Crippen LogP contribution in [0.1, 0.15) is 32.5 Å². The van der Waals surface area contributed by atoms with Crippen molar-refractivity contribution in [2.75, 3.05) is 10.6 Å². The Morgan fingerprint density at radius 3 is 1.65 bits per heavy atom. The monoisotopic (exact) mass is 385 g/mol. The zero-order chi connectivity index (χ0) is 19.8. The van der Waals surface area contributed by atoms with Gasteiger partial charge in [0.2, 0.25) is 17.7 Å². The van der Waals surface area contributed by atoms with Crippen molar-refractivity contribution in [3.05, 3.63) is 5.82 Å². The van der Waals surface area contributed by atoms with E-state index in [1.165, 1.54) is 0 Å². The van der Waals surface area contributed by atoms with Crippen molar-refractivity contribution in [2.24, 2.45) is 0 Å². The molecule has 0 aromatic carbocycles. The number of nitrogens with one attached hydrogen (secondary N) is 2. The summed E-state index contributed by atoms with van der Waals surface area (Å²) < 4.78 is 89.4. The number of hydrogen-bond donors (Lipinski definition) is 2. The van der Waals surface area contributed by atoms with Gasteiger partial charge in [-0.1, -0.05) is 5.92 Å². The summed E-state index contributed by atoms with van der Waals surface area (Å²) in [4.78, 5) is 10.7. The number of rotatable bonds is 4. The first kappa shape index (κ1) is 20.0. The van der Waals surface area contributed by atoms with Gasteiger partial charge in [0.05, 0.1) is 0 Å². The lowest BCUT2D eigenvalue weighted by Gasteiger charge is -2.19. The quantitative estimate of drug-likeness (QED) is 0.614. The van der Waals surface area contributed by atoms with Gasteiger partial charge in [0.15, 0.2) is 5.67 Å². The molecule has 1 aliphatic carbocycles. The van der Waals surface area contributed by atoms with Gasteiger partial charge in [-0.3, -0.25) is 0 Å². The summed E-state index contributed by atoms with van der Waals surface area (Å²) in [6.07, 6.45) is -8.89. The highest BCUT2D eigenvalue weighted by Crippen LogP contribution is 2.38. The predicted octanol–water partition coefficient (Wildman–Crippen LogP) is 3.45. The molecule has 1 aliphatic rings. The average molecular weight is 385 g/mol. The highest BCUT2D eigenvalue weighted by atomic mass is 19.4. The average Bonchev–Trinajstić information content (AvgIpc) is 3.21. The topological polar surface area (TPSA) is 62.7 Å². The molecule has 12 heteroatoms. The van der Waals surface area contributed by atoms with Gasteiger partial charge in [-0.2, -0.15) is 41.3 Å². The number of alkyl halides is 7. The van der Waals surface area contributed by atoms with Crippen molar-refractivity contribution in [1.82, 2.24) is 15.0 Å². The Labute approximate surface area is 143 Å². The van der Waals surface area contributed by atoms with Crippen LogP contribution in [0.3, 0.4) is 0 Å². The van der Waals surface area contributed by atoms with Gasteiger partial charge in [-0.15, -0.1) is 0 Å². The van der Waals surface area contributed by atoms with Gasteiger partial charge in [-0.25, -0.2) is 4.39 Å². The fraction of sp³-hybridized carbons (Fsp3) is 0.643. The van der Waals surface area contributed by atoms with Crippen molar-refractivity contribution in [3.8, 4) is 11.8 Å². The number of anilines is 2. The lowest BCUT2D eigenvalue weighted by molar-refractivity contribution is -0.139. The zero-order valence-corrected chi connectivity index (χ0v) is 13.6. The maximum atomic E-state index is 13.5. The second kappa shape index (κ2) is 6.77. The second-order valence-corrected chi connectivity index (χ2v) is 5.84. The summed E-state index contributed by atoms with van der Waals surface area (Å²) in [5, 5.41) is 3.83. The minimum absolute atomic E-state index is 0.192. The molecule has 2 N–H and O–H groups in total. The highest BCUT2D eigenvalue weighted by Gasteiger charge is 2.41. The fourth-order valence-electron chi connectivity index (χ4n) is 1.51. The number of aromatic nitrogens is 3. The van der Waals surface area contributed by atoms with Crippen LogP contribution in [-0.4, -0.2) is 45.1 Å². The molecular weight excluding hydrogens is 371 g/mol. The van der Waals surface area contributed by atoms with Crippen molar-refractivity contribution >= 4 is 11.9 Å². The SMILES string of the molecule is C[C@@H](Nc1nc(C#CC2(F)CC2)nc(N[C@H](C)C(F)(F)F)n1)C(F)(F)F. The van der Waals surface area contributed by atoms with Gasteiger partial charge in [-0.05, 0) is 32.6 Å². The molecular formula is C14H14F7N5. The molecule has 1 saturated carbocycles. The Bertz CT molecular complexity index is 675. The van der Waals surface area contributed by atoms with Gasteiger partial charge in [0.25, 0.3) is 0 Å². The lowest BCUT2D eigenvalue weighted by Crippen LogP contribution is -2.35. The van der Waals surface area contributed by atoms with Gasteiger partial charge in [0, 0.05) is 0 Å². The largest absolute Gasteiger partial charge is 0.408 e. The van der Waals surface area contributed by atoms with Crippen molar-refractivity contribution in [1.29, 1.82) is 0 Å². The summed E-state index contributed by atoms with van der Waals surface area (Å²) in [5.74, 6) is 2.72. The van der Waals surface area contributed by atoms with E-state index in [0.717, 1.165) is 13.8 Å². The molecule has 1 fully saturated rings. The van der Waals surface area contributed by atoms with Crippen LogP contribution in [0.2, 0.25) is 0 Å². The van der Waals surface area contributed by atoms with Crippen LogP contribution in [-0.2, 0) is 0 Å². The number of hydrogen-bond acceptors (Lipinski definition) is 5. The minimum atomic E-state index is -4.64. The van der Waals surface area contributed by atoms with E-state index >= 15 is 0 Å². The Morgan fingerprint density at radius 2 is 1.31 bits per heavy atom. The van der Waals surface area contributed by atoms with Gasteiger partial charge in [0.1, 0.15) is 12.1 Å². The summed E-state index contributed by atoms with van der Waals surface area (Å²) in [5.41, 5.74) is -1.72. The zero-order valence-electron chi connectivity index (χ0n) is 13.6. The number of halogens is 7. The van der Waals surface area contributed by atoms with Crippen LogP contribution >= 0.6 is 0 Å². The normalized spacial score (nSPS) is 18.3. The summed E-state index contributed by atoms with van der Waals surface area (Å²) >= 11 is 0. The number of nitrogens with zero attached hydrogens (tertiary/aromatic N) is 3. The van der Waals surface area contributed by atoms with E-state index in [1.807, 2.05) is 10.6 Å². The van der Waals surface area contributed by atoms with Crippen LogP contribution in [0.15, 0.2) is 0 Å². The van der Waals surface area contributed by atoms with Crippen LogP contribution in [0.5, 0.6) is 0 Å². The standard InChI is InChI=1S/C14H14F7N5/c1-7(13(16,17)18)22-10-24-9(3-4-12(15)5-6-12)25-11(26-10)23-8(2)14(19,20)21/h7-8H,5-6H2,1-2H3,(H2,22,23,24,25,26)/t7-,8-/m1/s1. The molecule has 0 amide bonds. The molecule has 0 saturated heterocycles. The van der Waals surface area contributed by atoms with Crippen LogP contribution in [0, 0.1) is 11.8 Å². The fourth-order valence-corrected chi connectivity index (χ4v) is 1.51. The Morgan fingerprint density at radius 1 is 0.885 bits per heavy atom. The first-order valence-electron chi connectivity index (χ1n) is 7.43. The van der Waals surface area contributed by atoms with Crippen molar-refractivity contribution < 1.29 is 30.7 Å². The molecule has 2 rings (SSSR count). The molecule has 1 heterocycles. The first-order valence-corrected chi connectivity index (χ1v) is 7.43. The smallest absolute Gasteiger partial charge is 0.343 e. The Kier molecular flexibility index (Phi) is 5.21. The van der Waals surface area contributed by atoms with E-state index in [1.54, 1.807) is 0 Å². The Hall–Kier alpha value is -2.32. The summed E-state index contributed by atoms with van der Waals surface area (Å²) in [6, 6.07) is -4.15. The molecule has 1 aromatic heterocycles. The van der Waals surface area contributed by atoms with Crippen molar-refractivity contribution in [2.45, 2.75) is 56.8 Å². The highest BCUT2D eigenvalue weighted by molar-refractivity contribution is 5.41. The Balaban J connectivity index is 2.30. The first-order chi connectivity index (χ1) is 11.8. The maximum absolute atomic E-state index is 13.5. The molecule has 0 aliphatic heterocycles. The van der Waals surface area contributed by atoms with Crippen LogP contribution in [0.4, 0.5) is 42.6 Å². The molecule has 0 unspecified atom stereocenters. The molecule has 5 nitrogen and oxygen atoms in total. The van der Waals surface area contributed by atoms with E-state index in [-0.39, 0.29) is 12.8 Å². The molecule has 0 spiro atoms. The van der Waals surface area contributed by atoms with Gasteiger partial charge >= 0.3 is 12.4 Å². The van der Waals surface area contributed by atoms with Crippen molar-refractivity contribution in [3.63, 3.8) is 0 Å². The minimum Gasteiger partial charge on any atom is -0.343 e. The summed E-state index contributed by atoms with van der Waals surface area (Å²) in [6.45, 7) is 1.56. The van der Waals surface area contributed by atoms with E-state index < -0.39 is 47.8 Å². The third-order valence-electron chi connectivity index (χ3n) is 3.40. The molecule has 144 valence electrons. The molecule has 2 atom stereocenters. The van der Waals surface area contributed by atoms with E-state index in [0.29, 0.717) is 0 Å². The van der Waals surface area contributed by atoms with Gasteiger partial charge < -0.3 is 10.6 Å². The molecule has 0 bridgehead atoms. The predicted molar refractivity (Wildman–Crippen MR) is 78.1 cm³/mol.